The van der Waals surface area contributed by atoms with Gasteiger partial charge in [-0.05, 0) is 13.3 Å². The Morgan fingerprint density at radius 1 is 1.73 bits per heavy atom. The van der Waals surface area contributed by atoms with E-state index in [1.165, 1.54) is 0 Å². The minimum Gasteiger partial charge on any atom is -0.380 e. The molecule has 1 fully saturated rings. The van der Waals surface area contributed by atoms with Crippen LogP contribution in [0.15, 0.2) is 6.20 Å². The first-order chi connectivity index (χ1) is 7.20. The molecule has 1 aromatic heterocycles. The van der Waals surface area contributed by atoms with E-state index in [2.05, 4.69) is 9.88 Å². The molecular weight excluding hydrogens is 210 g/mol. The lowest BCUT2D eigenvalue weighted by molar-refractivity contribution is 0.121. The van der Waals surface area contributed by atoms with Crippen LogP contribution in [0.3, 0.4) is 0 Å². The Hall–Kier alpha value is -0.650. The minimum atomic E-state index is 0.0806. The van der Waals surface area contributed by atoms with Gasteiger partial charge in [-0.25, -0.2) is 4.98 Å². The minimum absolute atomic E-state index is 0.0806. The predicted molar refractivity (Wildman–Crippen MR) is 62.3 cm³/mol. The number of ether oxygens (including phenoxy) is 1. The molecule has 84 valence electrons. The average Bonchev–Trinajstić information content (AvgIpc) is 2.86. The van der Waals surface area contributed by atoms with Crippen molar-refractivity contribution in [2.24, 2.45) is 5.73 Å². The Morgan fingerprint density at radius 2 is 2.53 bits per heavy atom. The van der Waals surface area contributed by atoms with Gasteiger partial charge in [0.25, 0.3) is 0 Å². The first kappa shape index (κ1) is 10.9. The SMILES string of the molecule is COC1CCN(c2ncc(C(C)N)s2)C1. The monoisotopic (exact) mass is 227 g/mol. The zero-order valence-electron chi connectivity index (χ0n) is 9.14. The molecule has 2 N–H and O–H groups in total. The zero-order valence-corrected chi connectivity index (χ0v) is 9.96. The van der Waals surface area contributed by atoms with Crippen molar-refractivity contribution in [3.8, 4) is 0 Å². The molecule has 4 nitrogen and oxygen atoms in total. The van der Waals surface area contributed by atoms with Crippen LogP contribution in [0.5, 0.6) is 0 Å². The fraction of sp³-hybridized carbons (Fsp3) is 0.700. The quantitative estimate of drug-likeness (QED) is 0.847. The lowest BCUT2D eigenvalue weighted by Gasteiger charge is -2.13. The number of nitrogens with zero attached hydrogens (tertiary/aromatic N) is 2. The molecule has 1 saturated heterocycles. The molecule has 0 aromatic carbocycles. The molecule has 0 spiro atoms. The third kappa shape index (κ3) is 2.30. The van der Waals surface area contributed by atoms with E-state index >= 15 is 0 Å². The Balaban J connectivity index is 2.04. The fourth-order valence-electron chi connectivity index (χ4n) is 1.73. The second-order valence-electron chi connectivity index (χ2n) is 3.93. The number of aromatic nitrogens is 1. The predicted octanol–water partition coefficient (Wildman–Crippen LogP) is 1.39. The van der Waals surface area contributed by atoms with Crippen LogP contribution >= 0.6 is 11.3 Å². The summed E-state index contributed by atoms with van der Waals surface area (Å²) in [5.74, 6) is 0. The van der Waals surface area contributed by atoms with Gasteiger partial charge in [-0.15, -0.1) is 11.3 Å². The van der Waals surface area contributed by atoms with E-state index in [9.17, 15) is 0 Å². The smallest absolute Gasteiger partial charge is 0.185 e. The lowest BCUT2D eigenvalue weighted by Crippen LogP contribution is -2.21. The van der Waals surface area contributed by atoms with Crippen LogP contribution in [0.4, 0.5) is 5.13 Å². The van der Waals surface area contributed by atoms with Crippen LogP contribution in [0, 0.1) is 0 Å². The summed E-state index contributed by atoms with van der Waals surface area (Å²) in [7, 11) is 1.77. The molecule has 2 unspecified atom stereocenters. The maximum absolute atomic E-state index is 5.81. The van der Waals surface area contributed by atoms with E-state index in [-0.39, 0.29) is 6.04 Å². The zero-order chi connectivity index (χ0) is 10.8. The van der Waals surface area contributed by atoms with Crippen LogP contribution in [0.1, 0.15) is 24.3 Å². The van der Waals surface area contributed by atoms with Crippen molar-refractivity contribution in [1.82, 2.24) is 4.98 Å². The topological polar surface area (TPSA) is 51.4 Å². The second-order valence-corrected chi connectivity index (χ2v) is 4.97. The summed E-state index contributed by atoms with van der Waals surface area (Å²) < 4.78 is 5.33. The van der Waals surface area contributed by atoms with Gasteiger partial charge >= 0.3 is 0 Å². The van der Waals surface area contributed by atoms with Crippen molar-refractivity contribution < 1.29 is 4.74 Å². The molecule has 1 aliphatic heterocycles. The van der Waals surface area contributed by atoms with Gasteiger partial charge in [0.1, 0.15) is 0 Å². The van der Waals surface area contributed by atoms with Crippen molar-refractivity contribution in [3.63, 3.8) is 0 Å². The van der Waals surface area contributed by atoms with Crippen LogP contribution < -0.4 is 10.6 Å². The molecule has 0 bridgehead atoms. The third-order valence-corrected chi connectivity index (χ3v) is 3.97. The first-order valence-electron chi connectivity index (χ1n) is 5.19. The van der Waals surface area contributed by atoms with E-state index in [0.29, 0.717) is 6.10 Å². The van der Waals surface area contributed by atoms with Crippen LogP contribution in [0.25, 0.3) is 0 Å². The van der Waals surface area contributed by atoms with Gasteiger partial charge in [-0.2, -0.15) is 0 Å². The van der Waals surface area contributed by atoms with Crippen molar-refractivity contribution in [3.05, 3.63) is 11.1 Å². The van der Waals surface area contributed by atoms with E-state index < -0.39 is 0 Å². The Bertz CT molecular complexity index is 326. The fourth-order valence-corrected chi connectivity index (χ4v) is 2.63. The van der Waals surface area contributed by atoms with Gasteiger partial charge in [0.2, 0.25) is 0 Å². The largest absolute Gasteiger partial charge is 0.380 e. The molecule has 2 heterocycles. The maximum Gasteiger partial charge on any atom is 0.185 e. The summed E-state index contributed by atoms with van der Waals surface area (Å²) in [4.78, 5) is 7.81. The Kier molecular flexibility index (Phi) is 3.23. The first-order valence-corrected chi connectivity index (χ1v) is 6.01. The van der Waals surface area contributed by atoms with Gasteiger partial charge in [0.15, 0.2) is 5.13 Å². The normalized spacial score (nSPS) is 23.4. The summed E-state index contributed by atoms with van der Waals surface area (Å²) in [6.45, 7) is 3.96. The lowest BCUT2D eigenvalue weighted by atomic mass is 10.3. The summed E-state index contributed by atoms with van der Waals surface area (Å²) >= 11 is 1.69. The number of hydrogen-bond donors (Lipinski definition) is 1. The standard InChI is InChI=1S/C10H17N3OS/c1-7(11)9-5-12-10(15-9)13-4-3-8(6-13)14-2/h5,7-8H,3-4,6,11H2,1-2H3. The van der Waals surface area contributed by atoms with Crippen LogP contribution in [-0.4, -0.2) is 31.3 Å². The van der Waals surface area contributed by atoms with E-state index in [4.69, 9.17) is 10.5 Å². The molecule has 5 heteroatoms. The van der Waals surface area contributed by atoms with Crippen molar-refractivity contribution in [2.75, 3.05) is 25.1 Å². The van der Waals surface area contributed by atoms with Gasteiger partial charge in [0.05, 0.1) is 6.10 Å². The van der Waals surface area contributed by atoms with E-state index in [0.717, 1.165) is 29.5 Å². The summed E-state index contributed by atoms with van der Waals surface area (Å²) in [6.07, 6.45) is 3.32. The van der Waals surface area contributed by atoms with Gasteiger partial charge in [-0.3, -0.25) is 0 Å². The summed E-state index contributed by atoms with van der Waals surface area (Å²) in [6, 6.07) is 0.0806. The number of rotatable bonds is 3. The molecule has 1 aromatic rings. The van der Waals surface area contributed by atoms with Crippen LogP contribution in [-0.2, 0) is 4.74 Å². The molecule has 0 aliphatic carbocycles. The van der Waals surface area contributed by atoms with E-state index in [1.807, 2.05) is 13.1 Å². The number of hydrogen-bond acceptors (Lipinski definition) is 5. The second kappa shape index (κ2) is 4.47. The average molecular weight is 227 g/mol. The summed E-state index contributed by atoms with van der Waals surface area (Å²) in [5, 5.41) is 1.07. The van der Waals surface area contributed by atoms with Crippen molar-refractivity contribution in [2.45, 2.75) is 25.5 Å². The summed E-state index contributed by atoms with van der Waals surface area (Å²) in [5.41, 5.74) is 5.81. The highest BCUT2D eigenvalue weighted by atomic mass is 32.1. The van der Waals surface area contributed by atoms with Gasteiger partial charge in [-0.1, -0.05) is 0 Å². The molecule has 0 amide bonds. The van der Waals surface area contributed by atoms with Crippen molar-refractivity contribution in [1.29, 1.82) is 0 Å². The number of anilines is 1. The van der Waals surface area contributed by atoms with Gasteiger partial charge in [0, 0.05) is 37.3 Å². The molecule has 2 atom stereocenters. The Morgan fingerprint density at radius 3 is 3.07 bits per heavy atom. The molecule has 0 saturated carbocycles. The highest BCUT2D eigenvalue weighted by Gasteiger charge is 2.24. The Labute approximate surface area is 94.1 Å². The van der Waals surface area contributed by atoms with Gasteiger partial charge < -0.3 is 15.4 Å². The highest BCUT2D eigenvalue weighted by Crippen LogP contribution is 2.28. The number of nitrogens with two attached hydrogens (primary N) is 1. The molecular formula is C10H17N3OS. The number of methoxy groups -OCH3 is 1. The maximum atomic E-state index is 5.81. The highest BCUT2D eigenvalue weighted by molar-refractivity contribution is 7.15. The van der Waals surface area contributed by atoms with Crippen LogP contribution in [0.2, 0.25) is 0 Å². The molecule has 15 heavy (non-hydrogen) atoms. The number of thiazole rings is 1. The van der Waals surface area contributed by atoms with Crippen molar-refractivity contribution >= 4 is 16.5 Å². The van der Waals surface area contributed by atoms with E-state index in [1.54, 1.807) is 18.4 Å². The molecule has 2 rings (SSSR count). The third-order valence-electron chi connectivity index (χ3n) is 2.71. The molecule has 1 aliphatic rings. The molecule has 0 radical (unpaired) electrons.